The van der Waals surface area contributed by atoms with Crippen LogP contribution in [0, 0.1) is 0 Å². The van der Waals surface area contributed by atoms with Crippen LogP contribution in [0.4, 0.5) is 10.8 Å². The minimum atomic E-state index is -0.583. The van der Waals surface area contributed by atoms with Crippen molar-refractivity contribution in [2.45, 2.75) is 0 Å². The Hall–Kier alpha value is -2.18. The number of nitrogens with two attached hydrogens (primary N) is 1. The average Bonchev–Trinajstić information content (AvgIpc) is 2.84. The number of aromatic nitrogens is 1. The lowest BCUT2D eigenvalue weighted by atomic mass is 10.1. The van der Waals surface area contributed by atoms with Crippen LogP contribution in [-0.4, -0.2) is 16.1 Å². The van der Waals surface area contributed by atoms with Gasteiger partial charge in [-0.05, 0) is 18.2 Å². The van der Waals surface area contributed by atoms with E-state index in [1.165, 1.54) is 11.3 Å². The standard InChI is InChI=1S/C12H11N3O2S/c1-2-11(16)15(17)9-5-3-8(4-6-9)10-7-18-12(13)14-10/h2-7,17H,1H2,(H2,13,14). The van der Waals surface area contributed by atoms with Crippen LogP contribution >= 0.6 is 11.3 Å². The third-order valence-electron chi connectivity index (χ3n) is 2.31. The fourth-order valence-corrected chi connectivity index (χ4v) is 1.98. The molecule has 92 valence electrons. The number of carbonyl (C=O) groups is 1. The van der Waals surface area contributed by atoms with E-state index in [1.54, 1.807) is 24.3 Å². The molecule has 1 amide bonds. The zero-order chi connectivity index (χ0) is 13.1. The van der Waals surface area contributed by atoms with Crippen LogP contribution in [-0.2, 0) is 4.79 Å². The maximum atomic E-state index is 11.2. The van der Waals surface area contributed by atoms with Gasteiger partial charge < -0.3 is 5.73 Å². The van der Waals surface area contributed by atoms with Crippen molar-refractivity contribution in [1.82, 2.24) is 4.98 Å². The number of carbonyl (C=O) groups excluding carboxylic acids is 1. The van der Waals surface area contributed by atoms with Crippen LogP contribution < -0.4 is 10.8 Å². The van der Waals surface area contributed by atoms with Gasteiger partial charge in [-0.2, -0.15) is 5.06 Å². The smallest absolute Gasteiger partial charge is 0.274 e. The minimum absolute atomic E-state index is 0.367. The van der Waals surface area contributed by atoms with Gasteiger partial charge in [-0.25, -0.2) is 4.98 Å². The second kappa shape index (κ2) is 4.99. The summed E-state index contributed by atoms with van der Waals surface area (Å²) in [7, 11) is 0. The Morgan fingerprint density at radius 1 is 1.44 bits per heavy atom. The van der Waals surface area contributed by atoms with E-state index in [1.807, 2.05) is 5.38 Å². The van der Waals surface area contributed by atoms with Gasteiger partial charge in [0.15, 0.2) is 5.13 Å². The van der Waals surface area contributed by atoms with Crippen LogP contribution in [0.5, 0.6) is 0 Å². The summed E-state index contributed by atoms with van der Waals surface area (Å²) in [5, 5.41) is 12.4. The fraction of sp³-hybridized carbons (Fsp3) is 0. The molecule has 1 heterocycles. The van der Waals surface area contributed by atoms with Gasteiger partial charge in [0, 0.05) is 10.9 Å². The number of amides is 1. The topological polar surface area (TPSA) is 79.5 Å². The quantitative estimate of drug-likeness (QED) is 0.505. The SMILES string of the molecule is C=CC(=O)N(O)c1ccc(-c2csc(N)n2)cc1. The molecule has 0 radical (unpaired) electrons. The molecule has 0 unspecified atom stereocenters. The summed E-state index contributed by atoms with van der Waals surface area (Å²) >= 11 is 1.36. The van der Waals surface area contributed by atoms with Crippen molar-refractivity contribution in [1.29, 1.82) is 0 Å². The van der Waals surface area contributed by atoms with Crippen LogP contribution in [0.2, 0.25) is 0 Å². The molecule has 0 saturated heterocycles. The molecule has 0 spiro atoms. The highest BCUT2D eigenvalue weighted by atomic mass is 32.1. The molecule has 0 saturated carbocycles. The van der Waals surface area contributed by atoms with Gasteiger partial charge in [0.2, 0.25) is 0 Å². The molecule has 0 aliphatic heterocycles. The minimum Gasteiger partial charge on any atom is -0.375 e. The number of hydroxylamine groups is 1. The second-order valence-corrected chi connectivity index (χ2v) is 4.36. The number of nitrogen functional groups attached to an aromatic ring is 1. The number of benzene rings is 1. The Kier molecular flexibility index (Phi) is 3.40. The molecule has 0 fully saturated rings. The third-order valence-corrected chi connectivity index (χ3v) is 2.99. The molecule has 0 bridgehead atoms. The summed E-state index contributed by atoms with van der Waals surface area (Å²) in [4.78, 5) is 15.3. The summed E-state index contributed by atoms with van der Waals surface area (Å²) in [6, 6.07) is 6.74. The van der Waals surface area contributed by atoms with E-state index in [4.69, 9.17) is 5.73 Å². The van der Waals surface area contributed by atoms with Crippen molar-refractivity contribution in [3.05, 3.63) is 42.3 Å². The number of anilines is 2. The molecule has 2 rings (SSSR count). The summed E-state index contributed by atoms with van der Waals surface area (Å²) < 4.78 is 0. The highest BCUT2D eigenvalue weighted by molar-refractivity contribution is 7.13. The van der Waals surface area contributed by atoms with E-state index in [-0.39, 0.29) is 0 Å². The van der Waals surface area contributed by atoms with Crippen LogP contribution in [0.3, 0.4) is 0 Å². The van der Waals surface area contributed by atoms with Crippen molar-refractivity contribution < 1.29 is 10.0 Å². The highest BCUT2D eigenvalue weighted by Crippen LogP contribution is 2.25. The van der Waals surface area contributed by atoms with Crippen molar-refractivity contribution in [3.8, 4) is 11.3 Å². The zero-order valence-electron chi connectivity index (χ0n) is 9.41. The fourth-order valence-electron chi connectivity index (χ4n) is 1.41. The van der Waals surface area contributed by atoms with Crippen molar-refractivity contribution >= 4 is 28.1 Å². The molecular weight excluding hydrogens is 250 g/mol. The Balaban J connectivity index is 2.25. The molecule has 18 heavy (non-hydrogen) atoms. The summed E-state index contributed by atoms with van der Waals surface area (Å²) in [5.74, 6) is -0.583. The van der Waals surface area contributed by atoms with E-state index >= 15 is 0 Å². The maximum Gasteiger partial charge on any atom is 0.274 e. The lowest BCUT2D eigenvalue weighted by molar-refractivity contribution is -0.118. The molecule has 0 atom stereocenters. The van der Waals surface area contributed by atoms with Crippen molar-refractivity contribution in [3.63, 3.8) is 0 Å². The van der Waals surface area contributed by atoms with Gasteiger partial charge in [-0.1, -0.05) is 18.7 Å². The second-order valence-electron chi connectivity index (χ2n) is 3.47. The molecule has 2 aromatic rings. The van der Waals surface area contributed by atoms with Gasteiger partial charge in [-0.3, -0.25) is 10.0 Å². The first-order valence-corrected chi connectivity index (χ1v) is 5.96. The Morgan fingerprint density at radius 2 is 2.11 bits per heavy atom. The van der Waals surface area contributed by atoms with E-state index in [2.05, 4.69) is 11.6 Å². The van der Waals surface area contributed by atoms with E-state index in [0.29, 0.717) is 15.9 Å². The monoisotopic (exact) mass is 261 g/mol. The van der Waals surface area contributed by atoms with Crippen LogP contribution in [0.1, 0.15) is 0 Å². The van der Waals surface area contributed by atoms with Crippen molar-refractivity contribution in [2.75, 3.05) is 10.8 Å². The van der Waals surface area contributed by atoms with Crippen molar-refractivity contribution in [2.24, 2.45) is 0 Å². The number of thiazole rings is 1. The van der Waals surface area contributed by atoms with Gasteiger partial charge in [-0.15, -0.1) is 11.3 Å². The Labute approximate surface area is 108 Å². The lowest BCUT2D eigenvalue weighted by Gasteiger charge is -2.12. The zero-order valence-corrected chi connectivity index (χ0v) is 10.2. The maximum absolute atomic E-state index is 11.2. The van der Waals surface area contributed by atoms with Gasteiger partial charge in [0.05, 0.1) is 11.4 Å². The predicted molar refractivity (Wildman–Crippen MR) is 71.4 cm³/mol. The summed E-state index contributed by atoms with van der Waals surface area (Å²) in [6.07, 6.45) is 1.04. The predicted octanol–water partition coefficient (Wildman–Crippen LogP) is 2.30. The number of rotatable bonds is 3. The highest BCUT2D eigenvalue weighted by Gasteiger charge is 2.10. The normalized spacial score (nSPS) is 10.1. The van der Waals surface area contributed by atoms with Crippen LogP contribution in [0.25, 0.3) is 11.3 Å². The molecule has 6 heteroatoms. The summed E-state index contributed by atoms with van der Waals surface area (Å²) in [5.41, 5.74) is 7.56. The molecule has 5 nitrogen and oxygen atoms in total. The van der Waals surface area contributed by atoms with Crippen LogP contribution in [0.15, 0.2) is 42.3 Å². The first kappa shape index (κ1) is 12.3. The molecular formula is C12H11N3O2S. The first-order chi connectivity index (χ1) is 8.61. The third kappa shape index (κ3) is 2.39. The Bertz CT molecular complexity index is 577. The average molecular weight is 261 g/mol. The molecule has 0 aliphatic carbocycles. The number of nitrogens with zero attached hydrogens (tertiary/aromatic N) is 2. The summed E-state index contributed by atoms with van der Waals surface area (Å²) in [6.45, 7) is 3.30. The van der Waals surface area contributed by atoms with E-state index in [0.717, 1.165) is 17.3 Å². The first-order valence-electron chi connectivity index (χ1n) is 5.08. The largest absolute Gasteiger partial charge is 0.375 e. The number of hydrogen-bond donors (Lipinski definition) is 2. The number of hydrogen-bond acceptors (Lipinski definition) is 5. The molecule has 3 N–H and O–H groups in total. The van der Waals surface area contributed by atoms with Gasteiger partial charge in [0.1, 0.15) is 0 Å². The van der Waals surface area contributed by atoms with Gasteiger partial charge in [0.25, 0.3) is 5.91 Å². The van der Waals surface area contributed by atoms with E-state index < -0.39 is 5.91 Å². The Morgan fingerprint density at radius 3 is 2.61 bits per heavy atom. The lowest BCUT2D eigenvalue weighted by Crippen LogP contribution is -2.24. The molecule has 1 aromatic heterocycles. The van der Waals surface area contributed by atoms with Gasteiger partial charge >= 0.3 is 0 Å². The molecule has 0 aliphatic rings. The molecule has 1 aromatic carbocycles. The van der Waals surface area contributed by atoms with E-state index in [9.17, 15) is 10.0 Å².